The molecule has 0 aliphatic heterocycles. The number of aliphatic hydroxyl groups is 1. The minimum atomic E-state index is -0.283. The molecule has 0 fully saturated rings. The lowest BCUT2D eigenvalue weighted by Crippen LogP contribution is -2.23. The highest BCUT2D eigenvalue weighted by Gasteiger charge is 2.18. The lowest BCUT2D eigenvalue weighted by Gasteiger charge is -2.16. The molecule has 0 bridgehead atoms. The van der Waals surface area contributed by atoms with Gasteiger partial charge in [-0.25, -0.2) is 14.4 Å². The molecule has 5 nitrogen and oxygen atoms in total. The van der Waals surface area contributed by atoms with Crippen molar-refractivity contribution in [2.75, 3.05) is 11.9 Å². The molecule has 2 aromatic carbocycles. The van der Waals surface area contributed by atoms with Crippen LogP contribution >= 0.6 is 0 Å². The maximum Gasteiger partial charge on any atom is 0.150 e. The molecule has 6 heteroatoms. The summed E-state index contributed by atoms with van der Waals surface area (Å²) in [5.74, 6) is 0.389. The molecule has 1 unspecified atom stereocenters. The lowest BCUT2D eigenvalue weighted by molar-refractivity contribution is 0.271. The maximum atomic E-state index is 13.4. The van der Waals surface area contributed by atoms with Crippen molar-refractivity contribution in [2.24, 2.45) is 0 Å². The smallest absolute Gasteiger partial charge is 0.150 e. The molecule has 142 valence electrons. The number of aromatic nitrogens is 3. The fourth-order valence-electron chi connectivity index (χ4n) is 3.28. The van der Waals surface area contributed by atoms with Crippen molar-refractivity contribution in [3.05, 3.63) is 72.9 Å². The van der Waals surface area contributed by atoms with E-state index >= 15 is 0 Å². The number of hydrogen-bond donors (Lipinski definition) is 2. The average molecular weight is 376 g/mol. The number of hydrogen-bond acceptors (Lipinski definition) is 4. The van der Waals surface area contributed by atoms with Gasteiger partial charge < -0.3 is 15.0 Å². The van der Waals surface area contributed by atoms with Crippen molar-refractivity contribution in [1.82, 2.24) is 14.5 Å². The Kier molecular flexibility index (Phi) is 5.04. The first kappa shape index (κ1) is 18.1. The molecule has 0 radical (unpaired) electrons. The first-order valence-corrected chi connectivity index (χ1v) is 9.26. The van der Waals surface area contributed by atoms with E-state index in [2.05, 4.69) is 15.3 Å². The van der Waals surface area contributed by atoms with Gasteiger partial charge in [0.05, 0.1) is 18.0 Å². The Balaban J connectivity index is 1.96. The number of aliphatic hydroxyl groups excluding tert-OH is 1. The second-order valence-electron chi connectivity index (χ2n) is 6.61. The van der Waals surface area contributed by atoms with Crippen LogP contribution in [-0.4, -0.2) is 32.3 Å². The summed E-state index contributed by atoms with van der Waals surface area (Å²) in [5, 5.41) is 13.8. The zero-order chi connectivity index (χ0) is 19.5. The van der Waals surface area contributed by atoms with E-state index < -0.39 is 0 Å². The Labute approximate surface area is 162 Å². The van der Waals surface area contributed by atoms with Crippen molar-refractivity contribution < 1.29 is 9.50 Å². The number of nitrogens with one attached hydrogen (secondary N) is 1. The van der Waals surface area contributed by atoms with Crippen LogP contribution < -0.4 is 5.32 Å². The molecule has 0 saturated heterocycles. The molecule has 1 atom stereocenters. The zero-order valence-corrected chi connectivity index (χ0v) is 15.5. The molecule has 0 saturated carbocycles. The minimum absolute atomic E-state index is 0.0152. The van der Waals surface area contributed by atoms with Crippen LogP contribution in [0.5, 0.6) is 0 Å². The molecule has 2 aromatic heterocycles. The molecule has 0 aliphatic rings. The predicted molar refractivity (Wildman–Crippen MR) is 109 cm³/mol. The van der Waals surface area contributed by atoms with Crippen molar-refractivity contribution in [3.8, 4) is 16.8 Å². The highest BCUT2D eigenvalue weighted by molar-refractivity contribution is 6.02. The summed E-state index contributed by atoms with van der Waals surface area (Å²) in [4.78, 5) is 8.94. The van der Waals surface area contributed by atoms with E-state index in [0.29, 0.717) is 5.82 Å². The topological polar surface area (TPSA) is 63.0 Å². The Morgan fingerprint density at radius 1 is 1.07 bits per heavy atom. The van der Waals surface area contributed by atoms with Crippen LogP contribution in [0.15, 0.2) is 67.1 Å². The highest BCUT2D eigenvalue weighted by atomic mass is 19.1. The van der Waals surface area contributed by atoms with Crippen molar-refractivity contribution in [2.45, 2.75) is 19.4 Å². The number of rotatable bonds is 6. The van der Waals surface area contributed by atoms with E-state index in [-0.39, 0.29) is 18.5 Å². The lowest BCUT2D eigenvalue weighted by atomic mass is 10.1. The van der Waals surface area contributed by atoms with Gasteiger partial charge >= 0.3 is 0 Å². The quantitative estimate of drug-likeness (QED) is 0.523. The van der Waals surface area contributed by atoms with Crippen LogP contribution in [0, 0.1) is 5.82 Å². The monoisotopic (exact) mass is 376 g/mol. The SMILES string of the molecule is CCC(CO)Nc1ncnc2c1c(-c1ccccc1)cn2-c1ccc(F)cc1. The molecule has 28 heavy (non-hydrogen) atoms. The first-order chi connectivity index (χ1) is 13.7. The van der Waals surface area contributed by atoms with Gasteiger partial charge in [-0.15, -0.1) is 0 Å². The number of anilines is 1. The predicted octanol–water partition coefficient (Wildman–Crippen LogP) is 4.41. The maximum absolute atomic E-state index is 13.4. The molecule has 0 spiro atoms. The first-order valence-electron chi connectivity index (χ1n) is 9.26. The fraction of sp³-hybridized carbons (Fsp3) is 0.182. The number of benzene rings is 2. The third-order valence-electron chi connectivity index (χ3n) is 4.83. The minimum Gasteiger partial charge on any atom is -0.394 e. The van der Waals surface area contributed by atoms with E-state index in [4.69, 9.17) is 0 Å². The van der Waals surface area contributed by atoms with Crippen molar-refractivity contribution in [1.29, 1.82) is 0 Å². The summed E-state index contributed by atoms with van der Waals surface area (Å²) in [5.41, 5.74) is 3.53. The van der Waals surface area contributed by atoms with E-state index in [1.54, 1.807) is 12.1 Å². The Hall–Kier alpha value is -3.25. The molecule has 4 aromatic rings. The van der Waals surface area contributed by atoms with Gasteiger partial charge in [0.15, 0.2) is 5.65 Å². The summed E-state index contributed by atoms with van der Waals surface area (Å²) in [6.45, 7) is 2.02. The largest absolute Gasteiger partial charge is 0.394 e. The molecule has 0 aliphatic carbocycles. The van der Waals surface area contributed by atoms with Gasteiger partial charge in [-0.05, 0) is 36.2 Å². The second kappa shape index (κ2) is 7.78. The number of halogens is 1. The Bertz CT molecular complexity index is 1070. The van der Waals surface area contributed by atoms with Gasteiger partial charge in [-0.1, -0.05) is 37.3 Å². The second-order valence-corrected chi connectivity index (χ2v) is 6.61. The zero-order valence-electron chi connectivity index (χ0n) is 15.5. The molecular formula is C22H21FN4O. The Morgan fingerprint density at radius 2 is 1.82 bits per heavy atom. The summed E-state index contributed by atoms with van der Waals surface area (Å²) in [6, 6.07) is 16.2. The highest BCUT2D eigenvalue weighted by Crippen LogP contribution is 2.35. The van der Waals surface area contributed by atoms with Gasteiger partial charge in [-0.3, -0.25) is 0 Å². The van der Waals surface area contributed by atoms with Gasteiger partial charge in [0.1, 0.15) is 18.0 Å². The van der Waals surface area contributed by atoms with Crippen LogP contribution in [0.25, 0.3) is 27.8 Å². The van der Waals surface area contributed by atoms with Crippen molar-refractivity contribution >= 4 is 16.9 Å². The van der Waals surface area contributed by atoms with E-state index in [0.717, 1.165) is 34.3 Å². The van der Waals surface area contributed by atoms with Gasteiger partial charge in [0.25, 0.3) is 0 Å². The summed E-state index contributed by atoms with van der Waals surface area (Å²) >= 11 is 0. The van der Waals surface area contributed by atoms with E-state index in [1.165, 1.54) is 18.5 Å². The van der Waals surface area contributed by atoms with E-state index in [1.807, 2.05) is 48.0 Å². The molecule has 4 rings (SSSR count). The molecule has 2 N–H and O–H groups in total. The Morgan fingerprint density at radius 3 is 2.50 bits per heavy atom. The van der Waals surface area contributed by atoms with Crippen molar-refractivity contribution in [3.63, 3.8) is 0 Å². The summed E-state index contributed by atoms with van der Waals surface area (Å²) in [6.07, 6.45) is 4.26. The molecule has 0 amide bonds. The van der Waals surface area contributed by atoms with Crippen LogP contribution in [0.4, 0.5) is 10.2 Å². The third-order valence-corrected chi connectivity index (χ3v) is 4.83. The van der Waals surface area contributed by atoms with Gasteiger partial charge in [0, 0.05) is 17.4 Å². The van der Waals surface area contributed by atoms with E-state index in [9.17, 15) is 9.50 Å². The normalized spacial score (nSPS) is 12.2. The fourth-order valence-corrected chi connectivity index (χ4v) is 3.28. The average Bonchev–Trinajstić information content (AvgIpc) is 3.14. The molecular weight excluding hydrogens is 355 g/mol. The van der Waals surface area contributed by atoms with Crippen LogP contribution in [0.3, 0.4) is 0 Å². The van der Waals surface area contributed by atoms with Crippen LogP contribution in [0.2, 0.25) is 0 Å². The standard InChI is InChI=1S/C22H21FN4O/c1-2-17(13-28)26-21-20-19(15-6-4-3-5-7-15)12-27(22(20)25-14-24-21)18-10-8-16(23)9-11-18/h3-12,14,17,28H,2,13H2,1H3,(H,24,25,26). The molecule has 2 heterocycles. The van der Waals surface area contributed by atoms with Gasteiger partial charge in [0.2, 0.25) is 0 Å². The summed E-state index contributed by atoms with van der Waals surface area (Å²) in [7, 11) is 0. The third kappa shape index (κ3) is 3.34. The number of fused-ring (bicyclic) bond motifs is 1. The van der Waals surface area contributed by atoms with Crippen LogP contribution in [0.1, 0.15) is 13.3 Å². The number of nitrogens with zero attached hydrogens (tertiary/aromatic N) is 3. The van der Waals surface area contributed by atoms with Gasteiger partial charge in [-0.2, -0.15) is 0 Å². The van der Waals surface area contributed by atoms with Crippen LogP contribution in [-0.2, 0) is 0 Å². The summed E-state index contributed by atoms with van der Waals surface area (Å²) < 4.78 is 15.3.